The Bertz CT molecular complexity index is 578. The third kappa shape index (κ3) is 3.20. The van der Waals surface area contributed by atoms with Gasteiger partial charge >= 0.3 is 29.6 Å². The van der Waals surface area contributed by atoms with Gasteiger partial charge in [-0.15, -0.1) is 0 Å². The number of benzene rings is 1. The number of alkyl halides is 2. The molecule has 0 aliphatic rings. The standard InChI is InChI=1S/C12H9F2NO3.Na/c1-12(13,14)8-9(11(16)17)15-18-10(8)7-5-3-2-4-6-7;/h2-6H,1H3,(H,16,17);/q;+1/p-1. The maximum atomic E-state index is 13.5. The Balaban J connectivity index is 0.00000180. The van der Waals surface area contributed by atoms with E-state index in [-0.39, 0.29) is 35.3 Å². The molecule has 0 saturated carbocycles. The van der Waals surface area contributed by atoms with E-state index in [4.69, 9.17) is 4.52 Å². The Labute approximate surface area is 129 Å². The van der Waals surface area contributed by atoms with Gasteiger partial charge in [-0.25, -0.2) is 8.78 Å². The predicted octanol–water partition coefficient (Wildman–Crippen LogP) is -1.18. The van der Waals surface area contributed by atoms with Gasteiger partial charge in [0.2, 0.25) is 0 Å². The number of aromatic nitrogens is 1. The van der Waals surface area contributed by atoms with Gasteiger partial charge in [0.05, 0.1) is 11.5 Å². The zero-order valence-electron chi connectivity index (χ0n) is 10.3. The molecule has 1 aromatic heterocycles. The van der Waals surface area contributed by atoms with Crippen LogP contribution >= 0.6 is 0 Å². The molecule has 2 rings (SSSR count). The van der Waals surface area contributed by atoms with E-state index < -0.39 is 23.1 Å². The summed E-state index contributed by atoms with van der Waals surface area (Å²) in [6, 6.07) is 7.98. The molecule has 0 unspecified atom stereocenters. The number of carboxylic acids is 1. The Morgan fingerprint density at radius 2 is 1.89 bits per heavy atom. The van der Waals surface area contributed by atoms with E-state index in [2.05, 4.69) is 5.16 Å². The van der Waals surface area contributed by atoms with Crippen molar-refractivity contribution in [3.63, 3.8) is 0 Å². The van der Waals surface area contributed by atoms with Gasteiger partial charge in [-0.3, -0.25) is 0 Å². The second-order valence-electron chi connectivity index (χ2n) is 3.78. The molecule has 0 aliphatic carbocycles. The van der Waals surface area contributed by atoms with Gasteiger partial charge in [0.25, 0.3) is 5.92 Å². The quantitative estimate of drug-likeness (QED) is 0.661. The van der Waals surface area contributed by atoms with Crippen molar-refractivity contribution in [2.75, 3.05) is 0 Å². The molecule has 0 fully saturated rings. The molecule has 4 nitrogen and oxygen atoms in total. The van der Waals surface area contributed by atoms with Crippen molar-refractivity contribution < 1.29 is 52.8 Å². The van der Waals surface area contributed by atoms with Gasteiger partial charge in [-0.05, 0) is 0 Å². The van der Waals surface area contributed by atoms with Crippen molar-refractivity contribution in [1.29, 1.82) is 0 Å². The summed E-state index contributed by atoms with van der Waals surface area (Å²) in [4.78, 5) is 10.7. The first-order valence-corrected chi connectivity index (χ1v) is 5.06. The molecule has 7 heteroatoms. The monoisotopic (exact) mass is 275 g/mol. The van der Waals surface area contributed by atoms with Crippen LogP contribution in [0.25, 0.3) is 11.3 Å². The first-order valence-electron chi connectivity index (χ1n) is 5.06. The fraction of sp³-hybridized carbons (Fsp3) is 0.167. The van der Waals surface area contributed by atoms with Crippen LogP contribution in [0.2, 0.25) is 0 Å². The van der Waals surface area contributed by atoms with E-state index in [0.29, 0.717) is 12.5 Å². The zero-order chi connectivity index (χ0) is 13.3. The number of halogens is 2. The molecule has 0 N–H and O–H groups in total. The zero-order valence-corrected chi connectivity index (χ0v) is 12.3. The van der Waals surface area contributed by atoms with Crippen LogP contribution in [-0.4, -0.2) is 11.1 Å². The van der Waals surface area contributed by atoms with Crippen LogP contribution in [-0.2, 0) is 5.92 Å². The molecule has 0 spiro atoms. The van der Waals surface area contributed by atoms with Gasteiger partial charge in [-0.2, -0.15) is 0 Å². The number of aromatic carboxylic acids is 1. The molecule has 94 valence electrons. The Hall–Kier alpha value is -1.24. The molecule has 19 heavy (non-hydrogen) atoms. The second-order valence-corrected chi connectivity index (χ2v) is 3.78. The van der Waals surface area contributed by atoms with Crippen molar-refractivity contribution in [3.05, 3.63) is 41.6 Å². The van der Waals surface area contributed by atoms with Gasteiger partial charge in [0.1, 0.15) is 5.69 Å². The maximum absolute atomic E-state index is 13.5. The number of carboxylic acid groups (broad SMARTS) is 1. The summed E-state index contributed by atoms with van der Waals surface area (Å²) >= 11 is 0. The van der Waals surface area contributed by atoms with Crippen LogP contribution in [0.4, 0.5) is 8.78 Å². The number of carbonyl (C=O) groups excluding carboxylic acids is 1. The fourth-order valence-electron chi connectivity index (χ4n) is 1.62. The van der Waals surface area contributed by atoms with Gasteiger partial charge in [0, 0.05) is 12.5 Å². The number of nitrogens with zero attached hydrogens (tertiary/aromatic N) is 1. The summed E-state index contributed by atoms with van der Waals surface area (Å²) < 4.78 is 31.6. The van der Waals surface area contributed by atoms with E-state index >= 15 is 0 Å². The topological polar surface area (TPSA) is 66.2 Å². The van der Waals surface area contributed by atoms with E-state index in [1.807, 2.05) is 0 Å². The van der Waals surface area contributed by atoms with Gasteiger partial charge in [-0.1, -0.05) is 35.5 Å². The van der Waals surface area contributed by atoms with Crippen LogP contribution < -0.4 is 34.7 Å². The molecule has 0 bridgehead atoms. The minimum absolute atomic E-state index is 0. The largest absolute Gasteiger partial charge is 1.00 e. The maximum Gasteiger partial charge on any atom is 1.00 e. The third-order valence-electron chi connectivity index (χ3n) is 2.36. The van der Waals surface area contributed by atoms with Gasteiger partial charge < -0.3 is 14.4 Å². The molecular formula is C12H8F2NNaO3. The SMILES string of the molecule is CC(F)(F)c1c(C(=O)[O-])noc1-c1ccccc1.[Na+]. The summed E-state index contributed by atoms with van der Waals surface area (Å²) in [5, 5.41) is 13.9. The van der Waals surface area contributed by atoms with Crippen LogP contribution in [0.15, 0.2) is 34.9 Å². The normalized spacial score (nSPS) is 10.9. The summed E-state index contributed by atoms with van der Waals surface area (Å²) in [6.07, 6.45) is 0. The van der Waals surface area contributed by atoms with E-state index in [1.165, 1.54) is 12.1 Å². The number of hydrogen-bond donors (Lipinski definition) is 0. The summed E-state index contributed by atoms with van der Waals surface area (Å²) in [6.45, 7) is 0.582. The average Bonchev–Trinajstić information content (AvgIpc) is 2.74. The number of carbonyl (C=O) groups is 1. The van der Waals surface area contributed by atoms with Crippen LogP contribution in [0.1, 0.15) is 23.0 Å². The molecule has 0 saturated heterocycles. The minimum Gasteiger partial charge on any atom is -0.543 e. The number of rotatable bonds is 3. The Morgan fingerprint density at radius 1 is 1.32 bits per heavy atom. The third-order valence-corrected chi connectivity index (χ3v) is 2.36. The fourth-order valence-corrected chi connectivity index (χ4v) is 1.62. The van der Waals surface area contributed by atoms with Crippen molar-refractivity contribution in [2.45, 2.75) is 12.8 Å². The van der Waals surface area contributed by atoms with Crippen molar-refractivity contribution >= 4 is 5.97 Å². The first kappa shape index (κ1) is 15.8. The molecule has 2 aromatic rings. The van der Waals surface area contributed by atoms with E-state index in [9.17, 15) is 18.7 Å². The molecule has 0 radical (unpaired) electrons. The predicted molar refractivity (Wildman–Crippen MR) is 55.8 cm³/mol. The van der Waals surface area contributed by atoms with E-state index in [1.54, 1.807) is 18.2 Å². The molecule has 1 heterocycles. The first-order chi connectivity index (χ1) is 8.41. The summed E-state index contributed by atoms with van der Waals surface area (Å²) in [7, 11) is 0. The molecule has 0 aliphatic heterocycles. The molecule has 1 aromatic carbocycles. The van der Waals surface area contributed by atoms with Crippen molar-refractivity contribution in [1.82, 2.24) is 5.16 Å². The summed E-state index contributed by atoms with van der Waals surface area (Å²) in [5.41, 5.74) is -1.32. The Kier molecular flexibility index (Phi) is 4.84. The van der Waals surface area contributed by atoms with E-state index in [0.717, 1.165) is 0 Å². The molecule has 0 amide bonds. The van der Waals surface area contributed by atoms with Gasteiger partial charge in [0.15, 0.2) is 5.76 Å². The van der Waals surface area contributed by atoms with Crippen LogP contribution in [0.3, 0.4) is 0 Å². The van der Waals surface area contributed by atoms with Crippen LogP contribution in [0, 0.1) is 0 Å². The number of hydrogen-bond acceptors (Lipinski definition) is 4. The second kappa shape index (κ2) is 5.81. The molecule has 0 atom stereocenters. The minimum atomic E-state index is -3.39. The Morgan fingerprint density at radius 3 is 2.37 bits per heavy atom. The van der Waals surface area contributed by atoms with Crippen molar-refractivity contribution in [2.24, 2.45) is 0 Å². The summed E-state index contributed by atoms with van der Waals surface area (Å²) in [5.74, 6) is -5.44. The van der Waals surface area contributed by atoms with Crippen molar-refractivity contribution in [3.8, 4) is 11.3 Å². The molecular weight excluding hydrogens is 267 g/mol. The smallest absolute Gasteiger partial charge is 0.543 e. The average molecular weight is 275 g/mol. The van der Waals surface area contributed by atoms with Crippen LogP contribution in [0.5, 0.6) is 0 Å².